The SMILES string of the molecule is CCOC(=O)c1ccc(NC(=O)CC(=O)NCCCOC)cc1. The lowest BCUT2D eigenvalue weighted by atomic mass is 10.2. The molecule has 0 aliphatic rings. The standard InChI is InChI=1S/C16H22N2O5/c1-3-23-16(21)12-5-7-13(8-6-12)18-15(20)11-14(19)17-9-4-10-22-2/h5-8H,3-4,9-11H2,1-2H3,(H,17,19)(H,18,20). The summed E-state index contributed by atoms with van der Waals surface area (Å²) in [6.07, 6.45) is 0.436. The van der Waals surface area contributed by atoms with E-state index in [0.29, 0.717) is 37.4 Å². The topological polar surface area (TPSA) is 93.7 Å². The average molecular weight is 322 g/mol. The van der Waals surface area contributed by atoms with Gasteiger partial charge in [0.15, 0.2) is 0 Å². The van der Waals surface area contributed by atoms with E-state index in [1.807, 2.05) is 0 Å². The Hall–Kier alpha value is -2.41. The fraction of sp³-hybridized carbons (Fsp3) is 0.438. The van der Waals surface area contributed by atoms with E-state index in [1.54, 1.807) is 38.3 Å². The number of ether oxygens (including phenoxy) is 2. The first-order valence-electron chi connectivity index (χ1n) is 7.39. The molecule has 7 heteroatoms. The summed E-state index contributed by atoms with van der Waals surface area (Å²) in [6, 6.07) is 6.28. The largest absolute Gasteiger partial charge is 0.462 e. The number of rotatable bonds is 9. The number of benzene rings is 1. The molecule has 0 aromatic heterocycles. The monoisotopic (exact) mass is 322 g/mol. The molecule has 0 unspecified atom stereocenters. The Kier molecular flexibility index (Phi) is 8.38. The highest BCUT2D eigenvalue weighted by Crippen LogP contribution is 2.11. The van der Waals surface area contributed by atoms with E-state index in [9.17, 15) is 14.4 Å². The second-order valence-electron chi connectivity index (χ2n) is 4.72. The second kappa shape index (κ2) is 10.3. The van der Waals surface area contributed by atoms with Crippen molar-refractivity contribution >= 4 is 23.5 Å². The van der Waals surface area contributed by atoms with Gasteiger partial charge in [-0.25, -0.2) is 4.79 Å². The van der Waals surface area contributed by atoms with Gasteiger partial charge in [-0.3, -0.25) is 9.59 Å². The van der Waals surface area contributed by atoms with Gasteiger partial charge in [-0.1, -0.05) is 0 Å². The third-order valence-electron chi connectivity index (χ3n) is 2.85. The van der Waals surface area contributed by atoms with Gasteiger partial charge in [-0.05, 0) is 37.6 Å². The maximum Gasteiger partial charge on any atom is 0.338 e. The van der Waals surface area contributed by atoms with Crippen LogP contribution >= 0.6 is 0 Å². The summed E-state index contributed by atoms with van der Waals surface area (Å²) in [7, 11) is 1.59. The van der Waals surface area contributed by atoms with Gasteiger partial charge in [0.25, 0.3) is 0 Å². The van der Waals surface area contributed by atoms with Crippen molar-refractivity contribution in [3.63, 3.8) is 0 Å². The summed E-state index contributed by atoms with van der Waals surface area (Å²) in [6.45, 7) is 3.05. The number of hydrogen-bond donors (Lipinski definition) is 2. The lowest BCUT2D eigenvalue weighted by Gasteiger charge is -2.07. The molecule has 1 rings (SSSR count). The maximum absolute atomic E-state index is 11.7. The van der Waals surface area contributed by atoms with Crippen LogP contribution in [0, 0.1) is 0 Å². The minimum Gasteiger partial charge on any atom is -0.462 e. The van der Waals surface area contributed by atoms with Crippen molar-refractivity contribution in [2.75, 3.05) is 32.2 Å². The predicted molar refractivity (Wildman–Crippen MR) is 85.1 cm³/mol. The first-order valence-corrected chi connectivity index (χ1v) is 7.39. The maximum atomic E-state index is 11.7. The van der Waals surface area contributed by atoms with Crippen molar-refractivity contribution in [3.8, 4) is 0 Å². The molecule has 0 fully saturated rings. The van der Waals surface area contributed by atoms with E-state index in [4.69, 9.17) is 9.47 Å². The zero-order valence-corrected chi connectivity index (χ0v) is 13.4. The number of anilines is 1. The number of hydrogen-bond acceptors (Lipinski definition) is 5. The van der Waals surface area contributed by atoms with Gasteiger partial charge >= 0.3 is 5.97 Å². The van der Waals surface area contributed by atoms with E-state index in [-0.39, 0.29) is 12.3 Å². The van der Waals surface area contributed by atoms with Gasteiger partial charge in [-0.15, -0.1) is 0 Å². The van der Waals surface area contributed by atoms with Gasteiger partial charge < -0.3 is 20.1 Å². The van der Waals surface area contributed by atoms with Crippen LogP contribution in [0.25, 0.3) is 0 Å². The normalized spacial score (nSPS) is 10.0. The zero-order valence-electron chi connectivity index (χ0n) is 13.4. The molecule has 1 aromatic rings. The lowest BCUT2D eigenvalue weighted by Crippen LogP contribution is -2.29. The molecule has 0 bridgehead atoms. The molecule has 0 atom stereocenters. The Labute approximate surface area is 135 Å². The van der Waals surface area contributed by atoms with Crippen LogP contribution in [-0.2, 0) is 19.1 Å². The molecule has 0 radical (unpaired) electrons. The van der Waals surface area contributed by atoms with Crippen molar-refractivity contribution in [1.29, 1.82) is 0 Å². The molecule has 7 nitrogen and oxygen atoms in total. The Morgan fingerprint density at radius 1 is 1.09 bits per heavy atom. The molecule has 1 aromatic carbocycles. The van der Waals surface area contributed by atoms with E-state index in [2.05, 4.69) is 10.6 Å². The van der Waals surface area contributed by atoms with Crippen LogP contribution in [0.5, 0.6) is 0 Å². The highest BCUT2D eigenvalue weighted by molar-refractivity contribution is 6.03. The summed E-state index contributed by atoms with van der Waals surface area (Å²) < 4.78 is 9.73. The van der Waals surface area contributed by atoms with Crippen molar-refractivity contribution in [2.45, 2.75) is 19.8 Å². The molecule has 0 heterocycles. The number of nitrogens with one attached hydrogen (secondary N) is 2. The van der Waals surface area contributed by atoms with E-state index < -0.39 is 11.9 Å². The number of carbonyl (C=O) groups is 3. The molecule has 126 valence electrons. The molecule has 0 saturated carbocycles. The lowest BCUT2D eigenvalue weighted by molar-refractivity contribution is -0.126. The van der Waals surface area contributed by atoms with Crippen LogP contribution in [0.1, 0.15) is 30.1 Å². The van der Waals surface area contributed by atoms with Crippen molar-refractivity contribution in [1.82, 2.24) is 5.32 Å². The van der Waals surface area contributed by atoms with Gasteiger partial charge in [0.05, 0.1) is 12.2 Å². The predicted octanol–water partition coefficient (Wildman–Crippen LogP) is 1.34. The smallest absolute Gasteiger partial charge is 0.338 e. The summed E-state index contributed by atoms with van der Waals surface area (Å²) in [5.74, 6) is -1.18. The second-order valence-corrected chi connectivity index (χ2v) is 4.72. The quantitative estimate of drug-likeness (QED) is 0.406. The first kappa shape index (κ1) is 18.6. The van der Waals surface area contributed by atoms with Crippen LogP contribution in [0.4, 0.5) is 5.69 Å². The molecule has 23 heavy (non-hydrogen) atoms. The molecule has 0 spiro atoms. The highest BCUT2D eigenvalue weighted by atomic mass is 16.5. The van der Waals surface area contributed by atoms with Crippen molar-refractivity contribution < 1.29 is 23.9 Å². The number of methoxy groups -OCH3 is 1. The molecule has 0 saturated heterocycles. The third-order valence-corrected chi connectivity index (χ3v) is 2.85. The molecule has 2 N–H and O–H groups in total. The van der Waals surface area contributed by atoms with E-state index in [0.717, 1.165) is 0 Å². The fourth-order valence-corrected chi connectivity index (χ4v) is 1.76. The Bertz CT molecular complexity index is 528. The van der Waals surface area contributed by atoms with Crippen molar-refractivity contribution in [2.24, 2.45) is 0 Å². The van der Waals surface area contributed by atoms with Crippen LogP contribution < -0.4 is 10.6 Å². The van der Waals surface area contributed by atoms with Gasteiger partial charge in [-0.2, -0.15) is 0 Å². The highest BCUT2D eigenvalue weighted by Gasteiger charge is 2.10. The number of carbonyl (C=O) groups excluding carboxylic acids is 3. The van der Waals surface area contributed by atoms with E-state index in [1.165, 1.54) is 0 Å². The van der Waals surface area contributed by atoms with Gasteiger partial charge in [0, 0.05) is 25.9 Å². The molecule has 0 aliphatic carbocycles. The van der Waals surface area contributed by atoms with Crippen LogP contribution in [0.2, 0.25) is 0 Å². The summed E-state index contributed by atoms with van der Waals surface area (Å²) >= 11 is 0. The Morgan fingerprint density at radius 3 is 2.39 bits per heavy atom. The minimum atomic E-state index is -0.418. The Morgan fingerprint density at radius 2 is 1.78 bits per heavy atom. The van der Waals surface area contributed by atoms with E-state index >= 15 is 0 Å². The van der Waals surface area contributed by atoms with Gasteiger partial charge in [0.2, 0.25) is 11.8 Å². The average Bonchev–Trinajstić information content (AvgIpc) is 2.52. The first-order chi connectivity index (χ1) is 11.1. The number of esters is 1. The molecular weight excluding hydrogens is 300 g/mol. The molecule has 2 amide bonds. The van der Waals surface area contributed by atoms with Gasteiger partial charge in [0.1, 0.15) is 6.42 Å². The molecule has 0 aliphatic heterocycles. The van der Waals surface area contributed by atoms with Crippen LogP contribution in [-0.4, -0.2) is 44.7 Å². The van der Waals surface area contributed by atoms with Crippen molar-refractivity contribution in [3.05, 3.63) is 29.8 Å². The number of amides is 2. The summed E-state index contributed by atoms with van der Waals surface area (Å²) in [5, 5.41) is 5.23. The zero-order chi connectivity index (χ0) is 17.1. The minimum absolute atomic E-state index is 0.257. The molecular formula is C16H22N2O5. The van der Waals surface area contributed by atoms with Crippen LogP contribution in [0.3, 0.4) is 0 Å². The summed E-state index contributed by atoms with van der Waals surface area (Å²) in [5.41, 5.74) is 0.913. The van der Waals surface area contributed by atoms with Crippen LogP contribution in [0.15, 0.2) is 24.3 Å². The fourth-order valence-electron chi connectivity index (χ4n) is 1.76. The Balaban J connectivity index is 2.39. The third kappa shape index (κ3) is 7.42. The summed E-state index contributed by atoms with van der Waals surface area (Å²) in [4.78, 5) is 34.8.